The maximum absolute atomic E-state index is 11.5. The lowest BCUT2D eigenvalue weighted by Gasteiger charge is -2.18. The summed E-state index contributed by atoms with van der Waals surface area (Å²) in [6.07, 6.45) is 3.36. The quantitative estimate of drug-likeness (QED) is 0.753. The molecule has 1 aliphatic carbocycles. The highest BCUT2D eigenvalue weighted by Gasteiger charge is 2.23. The number of Topliss-reactive ketones (excluding diaryl/α,β-unsaturated/α-hetero) is 1. The molecule has 88 valence electrons. The molecular formula is C14H13ClO2. The van der Waals surface area contributed by atoms with Crippen LogP contribution in [0, 0.1) is 0 Å². The van der Waals surface area contributed by atoms with Gasteiger partial charge in [0.05, 0.1) is 0 Å². The van der Waals surface area contributed by atoms with Crippen LogP contribution in [0.5, 0.6) is 0 Å². The van der Waals surface area contributed by atoms with Gasteiger partial charge in [0.25, 0.3) is 0 Å². The molecule has 1 fully saturated rings. The topological polar surface area (TPSA) is 30.2 Å². The Morgan fingerprint density at radius 2 is 2.18 bits per heavy atom. The fourth-order valence-corrected chi connectivity index (χ4v) is 2.68. The fraction of sp³-hybridized carbons (Fsp3) is 0.357. The van der Waals surface area contributed by atoms with Crippen molar-refractivity contribution in [3.05, 3.63) is 35.0 Å². The molecule has 1 saturated carbocycles. The first kappa shape index (κ1) is 10.8. The minimum atomic E-state index is 0.252. The van der Waals surface area contributed by atoms with Crippen molar-refractivity contribution < 1.29 is 9.21 Å². The maximum atomic E-state index is 11.5. The van der Waals surface area contributed by atoms with E-state index in [2.05, 4.69) is 0 Å². The van der Waals surface area contributed by atoms with Crippen LogP contribution in [0.4, 0.5) is 0 Å². The summed E-state index contributed by atoms with van der Waals surface area (Å²) in [5.41, 5.74) is 0.849. The van der Waals surface area contributed by atoms with E-state index in [1.54, 1.807) is 0 Å². The summed E-state index contributed by atoms with van der Waals surface area (Å²) in [7, 11) is 0. The zero-order valence-corrected chi connectivity index (χ0v) is 10.2. The van der Waals surface area contributed by atoms with E-state index in [-0.39, 0.29) is 5.92 Å². The van der Waals surface area contributed by atoms with E-state index in [0.717, 1.165) is 36.0 Å². The average Bonchev–Trinajstić information content (AvgIpc) is 2.72. The molecule has 1 aromatic heterocycles. The number of hydrogen-bond acceptors (Lipinski definition) is 2. The molecule has 0 N–H and O–H groups in total. The molecule has 1 heterocycles. The van der Waals surface area contributed by atoms with E-state index >= 15 is 0 Å². The van der Waals surface area contributed by atoms with Gasteiger partial charge in [-0.15, -0.1) is 0 Å². The van der Waals surface area contributed by atoms with Gasteiger partial charge < -0.3 is 4.42 Å². The number of carbonyl (C=O) groups excluding carboxylic acids is 1. The number of rotatable bonds is 1. The summed E-state index contributed by atoms with van der Waals surface area (Å²) in [6, 6.07) is 7.62. The number of fused-ring (bicyclic) bond motifs is 1. The van der Waals surface area contributed by atoms with Gasteiger partial charge in [0.2, 0.25) is 0 Å². The Hall–Kier alpha value is -1.28. The van der Waals surface area contributed by atoms with Crippen LogP contribution in [0.2, 0.25) is 5.02 Å². The van der Waals surface area contributed by atoms with E-state index in [1.807, 2.05) is 24.3 Å². The van der Waals surface area contributed by atoms with Crippen LogP contribution in [0.1, 0.15) is 37.4 Å². The fourth-order valence-electron chi connectivity index (χ4n) is 2.50. The standard InChI is InChI=1S/C14H13ClO2/c15-11-4-5-13-10(6-11)8-14(17-13)9-2-1-3-12(16)7-9/h4-6,8-9H,1-3,7H2. The lowest BCUT2D eigenvalue weighted by Crippen LogP contribution is -2.12. The van der Waals surface area contributed by atoms with Crippen molar-refractivity contribution in [3.63, 3.8) is 0 Å². The Labute approximate surface area is 105 Å². The van der Waals surface area contributed by atoms with Gasteiger partial charge in [-0.1, -0.05) is 11.6 Å². The normalized spacial score (nSPS) is 21.0. The van der Waals surface area contributed by atoms with E-state index in [1.165, 1.54) is 0 Å². The van der Waals surface area contributed by atoms with Gasteiger partial charge >= 0.3 is 0 Å². The van der Waals surface area contributed by atoms with Crippen molar-refractivity contribution in [2.24, 2.45) is 0 Å². The Kier molecular flexibility index (Phi) is 2.67. The highest BCUT2D eigenvalue weighted by atomic mass is 35.5. The first-order valence-electron chi connectivity index (χ1n) is 5.93. The SMILES string of the molecule is O=C1CCCC(c2cc3cc(Cl)ccc3o2)C1. The van der Waals surface area contributed by atoms with Crippen LogP contribution >= 0.6 is 11.6 Å². The first-order valence-corrected chi connectivity index (χ1v) is 6.31. The van der Waals surface area contributed by atoms with Gasteiger partial charge in [0, 0.05) is 29.2 Å². The van der Waals surface area contributed by atoms with Gasteiger partial charge in [-0.05, 0) is 37.1 Å². The largest absolute Gasteiger partial charge is 0.461 e. The van der Waals surface area contributed by atoms with E-state index in [4.69, 9.17) is 16.0 Å². The van der Waals surface area contributed by atoms with E-state index in [9.17, 15) is 4.79 Å². The molecule has 2 nitrogen and oxygen atoms in total. The first-order chi connectivity index (χ1) is 8.22. The van der Waals surface area contributed by atoms with E-state index in [0.29, 0.717) is 17.2 Å². The summed E-state index contributed by atoms with van der Waals surface area (Å²) in [5.74, 6) is 1.53. The Morgan fingerprint density at radius 1 is 1.29 bits per heavy atom. The molecule has 0 radical (unpaired) electrons. The monoisotopic (exact) mass is 248 g/mol. The minimum Gasteiger partial charge on any atom is -0.461 e. The minimum absolute atomic E-state index is 0.252. The summed E-state index contributed by atoms with van der Waals surface area (Å²) in [6.45, 7) is 0. The van der Waals surface area contributed by atoms with Crippen molar-refractivity contribution in [3.8, 4) is 0 Å². The van der Waals surface area contributed by atoms with Crippen molar-refractivity contribution >= 4 is 28.4 Å². The van der Waals surface area contributed by atoms with Crippen molar-refractivity contribution in [1.29, 1.82) is 0 Å². The summed E-state index contributed by atoms with van der Waals surface area (Å²) >= 11 is 5.94. The highest BCUT2D eigenvalue weighted by Crippen LogP contribution is 2.34. The molecule has 17 heavy (non-hydrogen) atoms. The van der Waals surface area contributed by atoms with Gasteiger partial charge in [0.1, 0.15) is 17.1 Å². The van der Waals surface area contributed by atoms with Crippen LogP contribution in [-0.2, 0) is 4.79 Å². The predicted octanol–water partition coefficient (Wildman–Crippen LogP) is 4.31. The summed E-state index contributed by atoms with van der Waals surface area (Å²) in [5, 5.41) is 1.73. The zero-order valence-electron chi connectivity index (χ0n) is 9.41. The van der Waals surface area contributed by atoms with Crippen molar-refractivity contribution in [2.45, 2.75) is 31.6 Å². The van der Waals surface area contributed by atoms with E-state index < -0.39 is 0 Å². The molecule has 1 atom stereocenters. The third kappa shape index (κ3) is 2.09. The predicted molar refractivity (Wildman–Crippen MR) is 67.4 cm³/mol. The lowest BCUT2D eigenvalue weighted by molar-refractivity contribution is -0.120. The van der Waals surface area contributed by atoms with Crippen molar-refractivity contribution in [2.75, 3.05) is 0 Å². The Bertz CT molecular complexity index is 571. The van der Waals surface area contributed by atoms with Crippen LogP contribution in [0.15, 0.2) is 28.7 Å². The number of halogens is 1. The second-order valence-electron chi connectivity index (χ2n) is 4.66. The highest BCUT2D eigenvalue weighted by molar-refractivity contribution is 6.31. The Balaban J connectivity index is 1.97. The summed E-state index contributed by atoms with van der Waals surface area (Å²) < 4.78 is 5.80. The number of benzene rings is 1. The molecule has 0 saturated heterocycles. The van der Waals surface area contributed by atoms with Gasteiger partial charge in [-0.25, -0.2) is 0 Å². The molecule has 1 aliphatic rings. The van der Waals surface area contributed by atoms with Gasteiger partial charge in [0.15, 0.2) is 0 Å². The van der Waals surface area contributed by atoms with Gasteiger partial charge in [-0.2, -0.15) is 0 Å². The molecule has 2 aromatic rings. The molecule has 3 rings (SSSR count). The van der Waals surface area contributed by atoms with Crippen LogP contribution in [0.3, 0.4) is 0 Å². The second-order valence-corrected chi connectivity index (χ2v) is 5.10. The van der Waals surface area contributed by atoms with Crippen LogP contribution in [-0.4, -0.2) is 5.78 Å². The molecule has 0 bridgehead atoms. The smallest absolute Gasteiger partial charge is 0.134 e. The number of hydrogen-bond donors (Lipinski definition) is 0. The number of furan rings is 1. The number of carbonyl (C=O) groups is 1. The average molecular weight is 249 g/mol. The Morgan fingerprint density at radius 3 is 3.00 bits per heavy atom. The van der Waals surface area contributed by atoms with Gasteiger partial charge in [-0.3, -0.25) is 4.79 Å². The second kappa shape index (κ2) is 4.19. The number of ketones is 1. The third-order valence-electron chi connectivity index (χ3n) is 3.38. The molecule has 1 unspecified atom stereocenters. The summed E-state index contributed by atoms with van der Waals surface area (Å²) in [4.78, 5) is 11.5. The third-order valence-corrected chi connectivity index (χ3v) is 3.62. The van der Waals surface area contributed by atoms with Crippen molar-refractivity contribution in [1.82, 2.24) is 0 Å². The molecule has 1 aromatic carbocycles. The molecule has 3 heteroatoms. The van der Waals surface area contributed by atoms with Crippen LogP contribution < -0.4 is 0 Å². The molecule has 0 spiro atoms. The maximum Gasteiger partial charge on any atom is 0.134 e. The molecule has 0 amide bonds. The molecular weight excluding hydrogens is 236 g/mol. The van der Waals surface area contributed by atoms with Crippen LogP contribution in [0.25, 0.3) is 11.0 Å². The zero-order chi connectivity index (χ0) is 11.8. The molecule has 0 aliphatic heterocycles. The lowest BCUT2D eigenvalue weighted by atomic mass is 9.87.